The van der Waals surface area contributed by atoms with E-state index in [2.05, 4.69) is 0 Å². The molecule has 0 spiro atoms. The third-order valence-corrected chi connectivity index (χ3v) is 0.390. The van der Waals surface area contributed by atoms with Crippen LogP contribution in [0.25, 0.3) is 0 Å². The lowest BCUT2D eigenvalue weighted by atomic mass is 9.81. The molecule has 0 bridgehead atoms. The van der Waals surface area contributed by atoms with Crippen LogP contribution in [0.3, 0.4) is 0 Å². The average Bonchev–Trinajstić information content (AvgIpc) is 1.36. The second-order valence-electron chi connectivity index (χ2n) is 1.13. The molecule has 0 aliphatic rings. The third kappa shape index (κ3) is 1.72. The van der Waals surface area contributed by atoms with Crippen LogP contribution in [0.1, 0.15) is 6.92 Å². The Morgan fingerprint density at radius 2 is 2.17 bits per heavy atom. The number of nitrogens with two attached hydrogens (primary N) is 1. The highest BCUT2D eigenvalue weighted by Gasteiger charge is 1.99. The van der Waals surface area contributed by atoms with Crippen molar-refractivity contribution in [1.29, 1.82) is 0 Å². The van der Waals surface area contributed by atoms with Gasteiger partial charge in [-0.25, -0.2) is 0 Å². The molecule has 0 fully saturated rings. The predicted octanol–water partition coefficient (Wildman–Crippen LogP) is -0.582. The molecule has 0 saturated heterocycles. The molecule has 1 atom stereocenters. The Kier molecular flexibility index (Phi) is 1.60. The molecule has 0 radical (unpaired) electrons. The SMILES string of the molecule is C[11CH](N)C(=O)O. The second kappa shape index (κ2) is 1.77. The maximum absolute atomic E-state index is 9.57. The summed E-state index contributed by atoms with van der Waals surface area (Å²) in [4.78, 5) is 9.57. The van der Waals surface area contributed by atoms with Crippen LogP contribution in [0.5, 0.6) is 0 Å². The van der Waals surface area contributed by atoms with Crippen LogP contribution in [0.4, 0.5) is 0 Å². The van der Waals surface area contributed by atoms with Crippen LogP contribution in [0, 0.1) is 0 Å². The summed E-state index contributed by atoms with van der Waals surface area (Å²) in [5.41, 5.74) is 4.84. The van der Waals surface area contributed by atoms with Gasteiger partial charge in [-0.3, -0.25) is 4.79 Å². The number of rotatable bonds is 1. The van der Waals surface area contributed by atoms with Crippen molar-refractivity contribution in [2.24, 2.45) is 5.73 Å². The van der Waals surface area contributed by atoms with E-state index in [-0.39, 0.29) is 0 Å². The van der Waals surface area contributed by atoms with E-state index >= 15 is 0 Å². The summed E-state index contributed by atoms with van der Waals surface area (Å²) in [6, 6.07) is -0.731. The molecule has 0 heterocycles. The van der Waals surface area contributed by atoms with Crippen LogP contribution >= 0.6 is 0 Å². The van der Waals surface area contributed by atoms with Crippen molar-refractivity contribution in [2.45, 2.75) is 13.0 Å². The van der Waals surface area contributed by atoms with Crippen LogP contribution < -0.4 is 5.73 Å². The van der Waals surface area contributed by atoms with Gasteiger partial charge in [0.15, 0.2) is 0 Å². The number of carbonyl (C=O) groups is 1. The molecule has 3 nitrogen and oxygen atoms in total. The van der Waals surface area contributed by atoms with Crippen LogP contribution in [0.2, 0.25) is 0 Å². The van der Waals surface area contributed by atoms with Crippen molar-refractivity contribution in [2.75, 3.05) is 0 Å². The lowest BCUT2D eigenvalue weighted by molar-refractivity contribution is -0.138. The molecule has 0 rings (SSSR count). The lowest BCUT2D eigenvalue weighted by Crippen LogP contribution is -2.25. The molecule has 6 heavy (non-hydrogen) atoms. The van der Waals surface area contributed by atoms with Gasteiger partial charge in [0.05, 0.1) is 0 Å². The molecule has 1 unspecified atom stereocenters. The van der Waals surface area contributed by atoms with Gasteiger partial charge in [-0.15, -0.1) is 0 Å². The largest absolute Gasteiger partial charge is 0.480 e. The average molecular weight is 88.1 g/mol. The Morgan fingerprint density at radius 3 is 2.17 bits per heavy atom. The Hall–Kier alpha value is -0.570. The molecular formula is C3H7NO2. The standard InChI is InChI=1S/C3H7NO2/c1-2(4)3(5)6/h2H,4H2,1H3,(H,5,6)/i2-1. The molecule has 0 aromatic rings. The number of aliphatic carboxylic acids is 1. The van der Waals surface area contributed by atoms with E-state index in [1.54, 1.807) is 0 Å². The normalized spacial score (nSPS) is 13.7. The smallest absolute Gasteiger partial charge is 0.320 e. The predicted molar refractivity (Wildman–Crippen MR) is 21.3 cm³/mol. The van der Waals surface area contributed by atoms with Crippen molar-refractivity contribution in [3.05, 3.63) is 0 Å². The van der Waals surface area contributed by atoms with Gasteiger partial charge in [0.2, 0.25) is 0 Å². The first-order valence-corrected chi connectivity index (χ1v) is 1.63. The first kappa shape index (κ1) is 5.43. The molecule has 3 heteroatoms. The molecule has 0 amide bonds. The van der Waals surface area contributed by atoms with Crippen molar-refractivity contribution in [3.8, 4) is 0 Å². The highest BCUT2D eigenvalue weighted by Crippen LogP contribution is 1.68. The molecule has 0 aromatic carbocycles. The van der Waals surface area contributed by atoms with E-state index in [1.807, 2.05) is 0 Å². The fraction of sp³-hybridized carbons (Fsp3) is 0.667. The zero-order chi connectivity index (χ0) is 5.15. The number of hydrogen-bond acceptors (Lipinski definition) is 2. The van der Waals surface area contributed by atoms with Gasteiger partial charge >= 0.3 is 5.97 Å². The minimum atomic E-state index is -0.963. The van der Waals surface area contributed by atoms with Crippen LogP contribution in [-0.4, -0.2) is 17.1 Å². The lowest BCUT2D eigenvalue weighted by Gasteiger charge is -1.90. The summed E-state index contributed by atoms with van der Waals surface area (Å²) in [5, 5.41) is 7.87. The van der Waals surface area contributed by atoms with Crippen LogP contribution in [0.15, 0.2) is 0 Å². The minimum Gasteiger partial charge on any atom is -0.480 e. The van der Waals surface area contributed by atoms with E-state index in [9.17, 15) is 4.79 Å². The Labute approximate surface area is 35.8 Å². The van der Waals surface area contributed by atoms with E-state index in [0.717, 1.165) is 0 Å². The van der Waals surface area contributed by atoms with Crippen molar-refractivity contribution in [3.63, 3.8) is 0 Å². The second-order valence-corrected chi connectivity index (χ2v) is 1.13. The van der Waals surface area contributed by atoms with Gasteiger partial charge in [0, 0.05) is 0 Å². The van der Waals surface area contributed by atoms with Gasteiger partial charge in [-0.2, -0.15) is 0 Å². The highest BCUT2D eigenvalue weighted by molar-refractivity contribution is 5.72. The van der Waals surface area contributed by atoms with E-state index < -0.39 is 12.0 Å². The Balaban J connectivity index is 3.26. The first-order valence-electron chi connectivity index (χ1n) is 1.63. The molecule has 0 aliphatic carbocycles. The summed E-state index contributed by atoms with van der Waals surface area (Å²) in [6.45, 7) is 1.42. The fourth-order valence-electron chi connectivity index (χ4n) is 0. The number of carboxylic acid groups (broad SMARTS) is 1. The van der Waals surface area contributed by atoms with E-state index in [4.69, 9.17) is 10.8 Å². The fourth-order valence-corrected chi connectivity index (χ4v) is 0. The van der Waals surface area contributed by atoms with Crippen LogP contribution in [-0.2, 0) is 4.79 Å². The van der Waals surface area contributed by atoms with Crippen molar-refractivity contribution < 1.29 is 9.90 Å². The maximum atomic E-state index is 9.57. The molecule has 0 saturated carbocycles. The Bertz CT molecular complexity index is 59.8. The molecule has 36 valence electrons. The van der Waals surface area contributed by atoms with Crippen molar-refractivity contribution in [1.82, 2.24) is 0 Å². The zero-order valence-corrected chi connectivity index (χ0v) is 3.51. The van der Waals surface area contributed by atoms with E-state index in [0.29, 0.717) is 0 Å². The Morgan fingerprint density at radius 1 is 2.00 bits per heavy atom. The summed E-state index contributed by atoms with van der Waals surface area (Å²) < 4.78 is 0. The van der Waals surface area contributed by atoms with Gasteiger partial charge in [-0.05, 0) is 6.92 Å². The van der Waals surface area contributed by atoms with E-state index in [1.165, 1.54) is 6.92 Å². The summed E-state index contributed by atoms with van der Waals surface area (Å²) in [6.07, 6.45) is 0. The summed E-state index contributed by atoms with van der Waals surface area (Å²) in [5.74, 6) is -0.963. The summed E-state index contributed by atoms with van der Waals surface area (Å²) in [7, 11) is 0. The third-order valence-electron chi connectivity index (χ3n) is 0.390. The minimum absolute atomic E-state index is 0.731. The molecule has 0 aromatic heterocycles. The van der Waals surface area contributed by atoms with Crippen molar-refractivity contribution >= 4 is 5.97 Å². The van der Waals surface area contributed by atoms with Gasteiger partial charge < -0.3 is 10.8 Å². The molecular weight excluding hydrogens is 81.0 g/mol. The first-order chi connectivity index (χ1) is 2.64. The number of carboxylic acids is 1. The molecule has 0 aliphatic heterocycles. The molecule has 3 N–H and O–H groups in total. The topological polar surface area (TPSA) is 63.3 Å². The monoisotopic (exact) mass is 88.1 g/mol. The zero-order valence-electron chi connectivity index (χ0n) is 3.51. The summed E-state index contributed by atoms with van der Waals surface area (Å²) >= 11 is 0. The van der Waals surface area contributed by atoms with Gasteiger partial charge in [0.1, 0.15) is 6.04 Å². The van der Waals surface area contributed by atoms with Gasteiger partial charge in [-0.1, -0.05) is 0 Å². The quantitative estimate of drug-likeness (QED) is 0.450. The van der Waals surface area contributed by atoms with Gasteiger partial charge in [0.25, 0.3) is 0 Å². The number of hydrogen-bond donors (Lipinski definition) is 2. The highest BCUT2D eigenvalue weighted by atomic mass is 16.4. The maximum Gasteiger partial charge on any atom is 0.320 e.